The normalized spacial score (nSPS) is 8.55. The van der Waals surface area contributed by atoms with E-state index in [4.69, 9.17) is 10.2 Å². The molecule has 4 heteroatoms. The van der Waals surface area contributed by atoms with Crippen LogP contribution in [0.25, 0.3) is 0 Å². The molecule has 0 aliphatic rings. The summed E-state index contributed by atoms with van der Waals surface area (Å²) in [6, 6.07) is 0. The standard InChI is InChI=1S/C5H10O2.C2H6O2/c1-4(2)5(6)7-3;3-1-2-4/h4H,1-3H3;3-4H,1-2H2. The van der Waals surface area contributed by atoms with Crippen LogP contribution in [0, 0.1) is 5.92 Å². The lowest BCUT2D eigenvalue weighted by atomic mass is 10.2. The highest BCUT2D eigenvalue weighted by Crippen LogP contribution is 1.91. The van der Waals surface area contributed by atoms with E-state index >= 15 is 0 Å². The molecular formula is C7H16O4. The summed E-state index contributed by atoms with van der Waals surface area (Å²) in [7, 11) is 1.39. The number of carbonyl (C=O) groups is 1. The molecule has 0 aliphatic carbocycles. The molecule has 0 aliphatic heterocycles. The average molecular weight is 164 g/mol. The van der Waals surface area contributed by atoms with Gasteiger partial charge in [0.1, 0.15) is 0 Å². The van der Waals surface area contributed by atoms with E-state index in [9.17, 15) is 4.79 Å². The zero-order valence-electron chi connectivity index (χ0n) is 7.20. The molecule has 0 rings (SSSR count). The highest BCUT2D eigenvalue weighted by molar-refractivity contribution is 5.71. The third-order valence-electron chi connectivity index (χ3n) is 0.773. The van der Waals surface area contributed by atoms with Crippen molar-refractivity contribution >= 4 is 5.97 Å². The Balaban J connectivity index is 0. The third-order valence-corrected chi connectivity index (χ3v) is 0.773. The second kappa shape index (κ2) is 9.39. The highest BCUT2D eigenvalue weighted by atomic mass is 16.5. The van der Waals surface area contributed by atoms with Crippen LogP contribution in [0.15, 0.2) is 0 Å². The first kappa shape index (κ1) is 13.0. The van der Waals surface area contributed by atoms with Gasteiger partial charge in [-0.25, -0.2) is 0 Å². The summed E-state index contributed by atoms with van der Waals surface area (Å²) >= 11 is 0. The monoisotopic (exact) mass is 164 g/mol. The molecule has 0 aromatic carbocycles. The van der Waals surface area contributed by atoms with Crippen molar-refractivity contribution in [3.05, 3.63) is 0 Å². The Bertz CT molecular complexity index is 88.4. The van der Waals surface area contributed by atoms with Crippen LogP contribution in [0.3, 0.4) is 0 Å². The van der Waals surface area contributed by atoms with Crippen molar-refractivity contribution in [3.63, 3.8) is 0 Å². The van der Waals surface area contributed by atoms with Gasteiger partial charge >= 0.3 is 5.97 Å². The summed E-state index contributed by atoms with van der Waals surface area (Å²) in [6.45, 7) is 3.34. The minimum atomic E-state index is -0.153. The largest absolute Gasteiger partial charge is 0.469 e. The summed E-state index contributed by atoms with van der Waals surface area (Å²) in [6.07, 6.45) is 0. The Morgan fingerprint density at radius 2 is 1.73 bits per heavy atom. The van der Waals surface area contributed by atoms with E-state index in [-0.39, 0.29) is 25.1 Å². The van der Waals surface area contributed by atoms with Crippen LogP contribution in [0.2, 0.25) is 0 Å². The SMILES string of the molecule is COC(=O)C(C)C.OCCO. The molecule has 0 unspecified atom stereocenters. The van der Waals surface area contributed by atoms with Gasteiger partial charge in [-0.2, -0.15) is 0 Å². The van der Waals surface area contributed by atoms with Crippen molar-refractivity contribution in [1.82, 2.24) is 0 Å². The van der Waals surface area contributed by atoms with Crippen molar-refractivity contribution in [2.75, 3.05) is 20.3 Å². The van der Waals surface area contributed by atoms with Gasteiger partial charge in [-0.1, -0.05) is 13.8 Å². The van der Waals surface area contributed by atoms with Crippen LogP contribution >= 0.6 is 0 Å². The number of aliphatic hydroxyl groups is 2. The van der Waals surface area contributed by atoms with Crippen LogP contribution in [0.5, 0.6) is 0 Å². The summed E-state index contributed by atoms with van der Waals surface area (Å²) < 4.78 is 4.37. The summed E-state index contributed by atoms with van der Waals surface area (Å²) in [5.41, 5.74) is 0. The number of methoxy groups -OCH3 is 1. The maximum Gasteiger partial charge on any atom is 0.308 e. The van der Waals surface area contributed by atoms with E-state index in [0.29, 0.717) is 0 Å². The molecule has 0 amide bonds. The molecule has 0 aromatic heterocycles. The molecule has 68 valence electrons. The van der Waals surface area contributed by atoms with Gasteiger partial charge in [-0.05, 0) is 0 Å². The summed E-state index contributed by atoms with van der Waals surface area (Å²) in [5, 5.41) is 15.2. The molecule has 0 heterocycles. The van der Waals surface area contributed by atoms with E-state index < -0.39 is 0 Å². The highest BCUT2D eigenvalue weighted by Gasteiger charge is 2.03. The molecule has 0 spiro atoms. The zero-order chi connectivity index (χ0) is 9.28. The molecule has 4 nitrogen and oxygen atoms in total. The van der Waals surface area contributed by atoms with E-state index in [2.05, 4.69) is 4.74 Å². The van der Waals surface area contributed by atoms with E-state index in [1.54, 1.807) is 13.8 Å². The van der Waals surface area contributed by atoms with Crippen molar-refractivity contribution in [2.24, 2.45) is 5.92 Å². The second-order valence-corrected chi connectivity index (χ2v) is 2.13. The van der Waals surface area contributed by atoms with Gasteiger partial charge in [0.05, 0.1) is 26.2 Å². The lowest BCUT2D eigenvalue weighted by Gasteiger charge is -1.97. The second-order valence-electron chi connectivity index (χ2n) is 2.13. The number of aliphatic hydroxyl groups excluding tert-OH is 2. The number of ether oxygens (including phenoxy) is 1. The fourth-order valence-electron chi connectivity index (χ4n) is 0.236. The lowest BCUT2D eigenvalue weighted by Crippen LogP contribution is -2.07. The van der Waals surface area contributed by atoms with Crippen LogP contribution in [-0.4, -0.2) is 36.5 Å². The predicted molar refractivity (Wildman–Crippen MR) is 41.0 cm³/mol. The van der Waals surface area contributed by atoms with Crippen molar-refractivity contribution in [3.8, 4) is 0 Å². The van der Waals surface area contributed by atoms with E-state index in [1.165, 1.54) is 7.11 Å². The Hall–Kier alpha value is -0.610. The molecule has 0 radical (unpaired) electrons. The lowest BCUT2D eigenvalue weighted by molar-refractivity contribution is -0.144. The molecule has 2 N–H and O–H groups in total. The van der Waals surface area contributed by atoms with Crippen molar-refractivity contribution < 1.29 is 19.7 Å². The first-order valence-corrected chi connectivity index (χ1v) is 3.39. The number of hydrogen-bond donors (Lipinski definition) is 2. The molecule has 0 fully saturated rings. The van der Waals surface area contributed by atoms with Crippen molar-refractivity contribution in [1.29, 1.82) is 0 Å². The Kier molecular flexibility index (Phi) is 11.1. The molecule has 11 heavy (non-hydrogen) atoms. The van der Waals surface area contributed by atoms with Gasteiger partial charge in [0.25, 0.3) is 0 Å². The van der Waals surface area contributed by atoms with Crippen molar-refractivity contribution in [2.45, 2.75) is 13.8 Å². The molecule has 0 saturated heterocycles. The van der Waals surface area contributed by atoms with Crippen LogP contribution in [-0.2, 0) is 9.53 Å². The summed E-state index contributed by atoms with van der Waals surface area (Å²) in [4.78, 5) is 10.3. The van der Waals surface area contributed by atoms with Gasteiger partial charge < -0.3 is 14.9 Å². The molecular weight excluding hydrogens is 148 g/mol. The number of carbonyl (C=O) groups excluding carboxylic acids is 1. The predicted octanol–water partition coefficient (Wildman–Crippen LogP) is -0.214. The topological polar surface area (TPSA) is 66.8 Å². The zero-order valence-corrected chi connectivity index (χ0v) is 7.20. The van der Waals surface area contributed by atoms with E-state index in [0.717, 1.165) is 0 Å². The molecule has 0 aromatic rings. The number of esters is 1. The third kappa shape index (κ3) is 12.6. The average Bonchev–Trinajstić information content (AvgIpc) is 2.03. The minimum absolute atomic E-state index is 0.00463. The fourth-order valence-corrected chi connectivity index (χ4v) is 0.236. The van der Waals surface area contributed by atoms with Crippen LogP contribution < -0.4 is 0 Å². The smallest absolute Gasteiger partial charge is 0.308 e. The molecule has 0 saturated carbocycles. The fraction of sp³-hybridized carbons (Fsp3) is 0.857. The molecule has 0 bridgehead atoms. The Labute approximate surface area is 66.8 Å². The maximum absolute atomic E-state index is 10.3. The maximum atomic E-state index is 10.3. The first-order valence-electron chi connectivity index (χ1n) is 3.39. The minimum Gasteiger partial charge on any atom is -0.469 e. The van der Waals surface area contributed by atoms with Gasteiger partial charge in [0, 0.05) is 0 Å². The number of hydrogen-bond acceptors (Lipinski definition) is 4. The Morgan fingerprint density at radius 3 is 1.73 bits per heavy atom. The summed E-state index contributed by atoms with van der Waals surface area (Å²) in [5.74, 6) is -0.148. The van der Waals surface area contributed by atoms with Gasteiger partial charge in [0.2, 0.25) is 0 Å². The molecule has 0 atom stereocenters. The van der Waals surface area contributed by atoms with Gasteiger partial charge in [-0.3, -0.25) is 4.79 Å². The van der Waals surface area contributed by atoms with E-state index in [1.807, 2.05) is 0 Å². The Morgan fingerprint density at radius 1 is 1.36 bits per heavy atom. The van der Waals surface area contributed by atoms with Gasteiger partial charge in [0.15, 0.2) is 0 Å². The van der Waals surface area contributed by atoms with Crippen LogP contribution in [0.4, 0.5) is 0 Å². The number of rotatable bonds is 2. The quantitative estimate of drug-likeness (QED) is 0.554. The van der Waals surface area contributed by atoms with Crippen LogP contribution in [0.1, 0.15) is 13.8 Å². The first-order chi connectivity index (χ1) is 5.09. The van der Waals surface area contributed by atoms with Gasteiger partial charge in [-0.15, -0.1) is 0 Å².